The van der Waals surface area contributed by atoms with E-state index in [1.54, 1.807) is 17.6 Å². The van der Waals surface area contributed by atoms with Crippen LogP contribution in [0.15, 0.2) is 22.8 Å². The highest BCUT2D eigenvalue weighted by atomic mass is 32.1. The molecule has 0 bridgehead atoms. The molecule has 5 nitrogen and oxygen atoms in total. The lowest BCUT2D eigenvalue weighted by molar-refractivity contribution is 0.0930. The Balaban J connectivity index is 1.73. The summed E-state index contributed by atoms with van der Waals surface area (Å²) in [6.45, 7) is 1.93. The Morgan fingerprint density at radius 3 is 3.15 bits per heavy atom. The minimum absolute atomic E-state index is 0.00204. The summed E-state index contributed by atoms with van der Waals surface area (Å²) in [5.74, 6) is 0.731. The SMILES string of the molecule is CN1CCc2c(sc3c2C(=O)N[C@@H](c2ccco2)N3)C1. The zero-order chi connectivity index (χ0) is 13.7. The van der Waals surface area contributed by atoms with Crippen molar-refractivity contribution in [1.82, 2.24) is 10.2 Å². The van der Waals surface area contributed by atoms with Crippen molar-refractivity contribution in [2.45, 2.75) is 19.1 Å². The van der Waals surface area contributed by atoms with Gasteiger partial charge in [-0.15, -0.1) is 11.3 Å². The molecule has 0 radical (unpaired) electrons. The van der Waals surface area contributed by atoms with E-state index in [4.69, 9.17) is 4.42 Å². The third-order valence-electron chi connectivity index (χ3n) is 3.85. The lowest BCUT2D eigenvalue weighted by atomic mass is 10.0. The number of amides is 1. The van der Waals surface area contributed by atoms with E-state index in [2.05, 4.69) is 22.6 Å². The normalized spacial score (nSPS) is 21.9. The molecular formula is C14H15N3O2S. The molecule has 2 N–H and O–H groups in total. The zero-order valence-electron chi connectivity index (χ0n) is 11.1. The molecule has 0 saturated carbocycles. The van der Waals surface area contributed by atoms with Crippen LogP contribution < -0.4 is 10.6 Å². The highest BCUT2D eigenvalue weighted by Crippen LogP contribution is 2.40. The maximum atomic E-state index is 12.4. The van der Waals surface area contributed by atoms with Gasteiger partial charge in [-0.25, -0.2) is 0 Å². The van der Waals surface area contributed by atoms with Crippen molar-refractivity contribution < 1.29 is 9.21 Å². The van der Waals surface area contributed by atoms with Crippen LogP contribution >= 0.6 is 11.3 Å². The Kier molecular flexibility index (Phi) is 2.61. The topological polar surface area (TPSA) is 57.5 Å². The van der Waals surface area contributed by atoms with Gasteiger partial charge in [-0.05, 0) is 31.2 Å². The molecule has 1 atom stereocenters. The van der Waals surface area contributed by atoms with Crippen LogP contribution in [0.5, 0.6) is 0 Å². The number of nitrogens with one attached hydrogen (secondary N) is 2. The Bertz CT molecular complexity index is 662. The van der Waals surface area contributed by atoms with Gasteiger partial charge in [0.2, 0.25) is 0 Å². The molecule has 2 aliphatic heterocycles. The summed E-state index contributed by atoms with van der Waals surface area (Å²) in [6.07, 6.45) is 2.29. The second-order valence-electron chi connectivity index (χ2n) is 5.26. The van der Waals surface area contributed by atoms with Crippen LogP contribution in [0, 0.1) is 0 Å². The van der Waals surface area contributed by atoms with E-state index >= 15 is 0 Å². The molecule has 2 aromatic heterocycles. The fraction of sp³-hybridized carbons (Fsp3) is 0.357. The minimum atomic E-state index is -0.275. The molecule has 0 saturated heterocycles. The number of carbonyl (C=O) groups is 1. The molecule has 0 fully saturated rings. The van der Waals surface area contributed by atoms with Crippen molar-refractivity contribution in [1.29, 1.82) is 0 Å². The van der Waals surface area contributed by atoms with Gasteiger partial charge in [-0.3, -0.25) is 4.79 Å². The first-order valence-electron chi connectivity index (χ1n) is 6.66. The molecular weight excluding hydrogens is 274 g/mol. The zero-order valence-corrected chi connectivity index (χ0v) is 11.9. The Morgan fingerprint density at radius 2 is 2.35 bits per heavy atom. The number of anilines is 1. The van der Waals surface area contributed by atoms with Crippen LogP contribution in [0.1, 0.15) is 32.7 Å². The number of hydrogen-bond donors (Lipinski definition) is 2. The summed E-state index contributed by atoms with van der Waals surface area (Å²) in [5.41, 5.74) is 2.05. The van der Waals surface area contributed by atoms with Gasteiger partial charge in [0.25, 0.3) is 5.91 Å². The summed E-state index contributed by atoms with van der Waals surface area (Å²) in [5, 5.41) is 7.32. The summed E-state index contributed by atoms with van der Waals surface area (Å²) < 4.78 is 5.37. The van der Waals surface area contributed by atoms with Gasteiger partial charge in [0.05, 0.1) is 11.8 Å². The van der Waals surface area contributed by atoms with Gasteiger partial charge in [0, 0.05) is 18.0 Å². The van der Waals surface area contributed by atoms with Crippen molar-refractivity contribution in [3.8, 4) is 0 Å². The van der Waals surface area contributed by atoms with Crippen molar-refractivity contribution in [2.75, 3.05) is 18.9 Å². The quantitative estimate of drug-likeness (QED) is 0.845. The van der Waals surface area contributed by atoms with Crippen LogP contribution in [0.25, 0.3) is 0 Å². The van der Waals surface area contributed by atoms with Gasteiger partial charge >= 0.3 is 0 Å². The molecule has 0 spiro atoms. The molecule has 1 amide bonds. The maximum absolute atomic E-state index is 12.4. The number of likely N-dealkylation sites (N-methyl/N-ethyl adjacent to an activating group) is 1. The average Bonchev–Trinajstić information content (AvgIpc) is 3.04. The van der Waals surface area contributed by atoms with E-state index in [0.717, 1.165) is 35.8 Å². The van der Waals surface area contributed by atoms with Gasteiger partial charge in [0.15, 0.2) is 6.17 Å². The molecule has 6 heteroatoms. The van der Waals surface area contributed by atoms with Crippen molar-refractivity contribution in [2.24, 2.45) is 0 Å². The molecule has 20 heavy (non-hydrogen) atoms. The molecule has 0 aromatic carbocycles. The first-order chi connectivity index (χ1) is 9.72. The number of thiophene rings is 1. The fourth-order valence-corrected chi connectivity index (χ4v) is 4.19. The van der Waals surface area contributed by atoms with Crippen LogP contribution in [-0.4, -0.2) is 24.4 Å². The summed E-state index contributed by atoms with van der Waals surface area (Å²) in [7, 11) is 2.11. The number of rotatable bonds is 1. The predicted molar refractivity (Wildman–Crippen MR) is 76.9 cm³/mol. The molecule has 0 unspecified atom stereocenters. The number of nitrogens with zero attached hydrogens (tertiary/aromatic N) is 1. The third kappa shape index (κ3) is 1.76. The summed E-state index contributed by atoms with van der Waals surface area (Å²) >= 11 is 1.69. The lowest BCUT2D eigenvalue weighted by Crippen LogP contribution is -2.38. The summed E-state index contributed by atoms with van der Waals surface area (Å²) in [6, 6.07) is 3.69. The number of hydrogen-bond acceptors (Lipinski definition) is 5. The standard InChI is InChI=1S/C14H15N3O2S/c1-17-5-4-8-10(7-17)20-14-11(8)13(18)15-12(16-14)9-3-2-6-19-9/h2-3,6,12,16H,4-5,7H2,1H3,(H,15,18)/t12-/m1/s1. The van der Waals surface area contributed by atoms with Crippen LogP contribution in [0.4, 0.5) is 5.00 Å². The van der Waals surface area contributed by atoms with Crippen LogP contribution in [0.2, 0.25) is 0 Å². The molecule has 4 heterocycles. The largest absolute Gasteiger partial charge is 0.465 e. The highest BCUT2D eigenvalue weighted by Gasteiger charge is 2.33. The van der Waals surface area contributed by atoms with Gasteiger partial charge < -0.3 is 20.0 Å². The number of fused-ring (bicyclic) bond motifs is 3. The first kappa shape index (κ1) is 12.0. The molecule has 4 rings (SSSR count). The van der Waals surface area contributed by atoms with Crippen LogP contribution in [0.3, 0.4) is 0 Å². The van der Waals surface area contributed by atoms with E-state index in [-0.39, 0.29) is 12.1 Å². The fourth-order valence-electron chi connectivity index (χ4n) is 2.84. The van der Waals surface area contributed by atoms with E-state index in [0.29, 0.717) is 0 Å². The first-order valence-corrected chi connectivity index (χ1v) is 7.48. The Labute approximate surface area is 120 Å². The second kappa shape index (κ2) is 4.36. The van der Waals surface area contributed by atoms with E-state index in [1.807, 2.05) is 12.1 Å². The highest BCUT2D eigenvalue weighted by molar-refractivity contribution is 7.16. The van der Waals surface area contributed by atoms with Crippen molar-refractivity contribution in [3.05, 3.63) is 40.2 Å². The van der Waals surface area contributed by atoms with Crippen LogP contribution in [-0.2, 0) is 13.0 Å². The number of carbonyl (C=O) groups excluding carboxylic acids is 1. The summed E-state index contributed by atoms with van der Waals surface area (Å²) in [4.78, 5) is 16.0. The van der Waals surface area contributed by atoms with Gasteiger partial charge in [-0.1, -0.05) is 0 Å². The van der Waals surface area contributed by atoms with E-state index in [1.165, 1.54) is 10.4 Å². The minimum Gasteiger partial charge on any atom is -0.465 e. The van der Waals surface area contributed by atoms with Crippen molar-refractivity contribution >= 4 is 22.2 Å². The predicted octanol–water partition coefficient (Wildman–Crippen LogP) is 2.18. The number of furan rings is 1. The molecule has 2 aromatic rings. The molecule has 2 aliphatic rings. The molecule has 104 valence electrons. The van der Waals surface area contributed by atoms with Crippen molar-refractivity contribution in [3.63, 3.8) is 0 Å². The monoisotopic (exact) mass is 289 g/mol. The Morgan fingerprint density at radius 1 is 1.45 bits per heavy atom. The maximum Gasteiger partial charge on any atom is 0.256 e. The van der Waals surface area contributed by atoms with Gasteiger partial charge in [0.1, 0.15) is 10.8 Å². The van der Waals surface area contributed by atoms with E-state index < -0.39 is 0 Å². The van der Waals surface area contributed by atoms with E-state index in [9.17, 15) is 4.79 Å². The second-order valence-corrected chi connectivity index (χ2v) is 6.37. The third-order valence-corrected chi connectivity index (χ3v) is 5.00. The molecule has 0 aliphatic carbocycles. The Hall–Kier alpha value is -1.79. The average molecular weight is 289 g/mol. The lowest BCUT2D eigenvalue weighted by Gasteiger charge is -2.25. The smallest absolute Gasteiger partial charge is 0.256 e. The van der Waals surface area contributed by atoms with Gasteiger partial charge in [-0.2, -0.15) is 0 Å².